The Morgan fingerprint density at radius 1 is 1.16 bits per heavy atom. The lowest BCUT2D eigenvalue weighted by Crippen LogP contribution is -2.49. The standard InChI is InChI=1S/C14H11F2NO2/c15-14(16)8-19-13(18)17-12(14)11-7-3-5-9-4-1-2-6-10(9)11/h1-7,12H,8H2,(H,17,18)/t12-/m0/s1. The second kappa shape index (κ2) is 4.19. The van der Waals surface area contributed by atoms with E-state index in [9.17, 15) is 13.6 Å². The minimum Gasteiger partial charge on any atom is -0.443 e. The molecule has 19 heavy (non-hydrogen) atoms. The number of fused-ring (bicyclic) bond motifs is 1. The van der Waals surface area contributed by atoms with Crippen LogP contribution in [0.4, 0.5) is 13.6 Å². The van der Waals surface area contributed by atoms with Crippen molar-refractivity contribution in [1.29, 1.82) is 0 Å². The van der Waals surface area contributed by atoms with E-state index < -0.39 is 24.7 Å². The van der Waals surface area contributed by atoms with Crippen molar-refractivity contribution in [2.75, 3.05) is 6.61 Å². The smallest absolute Gasteiger partial charge is 0.408 e. The van der Waals surface area contributed by atoms with Crippen LogP contribution in [0.3, 0.4) is 0 Å². The summed E-state index contributed by atoms with van der Waals surface area (Å²) < 4.78 is 32.2. The Morgan fingerprint density at radius 2 is 1.89 bits per heavy atom. The molecule has 0 aliphatic carbocycles. The summed E-state index contributed by atoms with van der Waals surface area (Å²) in [5, 5.41) is 3.77. The third-order valence-electron chi connectivity index (χ3n) is 3.21. The number of benzene rings is 2. The zero-order valence-electron chi connectivity index (χ0n) is 9.90. The summed E-state index contributed by atoms with van der Waals surface area (Å²) in [6.07, 6.45) is -0.816. The molecule has 1 aliphatic heterocycles. The Morgan fingerprint density at radius 3 is 2.74 bits per heavy atom. The molecule has 0 aromatic heterocycles. The Labute approximate surface area is 108 Å². The first kappa shape index (κ1) is 11.9. The van der Waals surface area contributed by atoms with Gasteiger partial charge in [-0.25, -0.2) is 13.6 Å². The number of carbonyl (C=O) groups is 1. The molecule has 5 heteroatoms. The van der Waals surface area contributed by atoms with Gasteiger partial charge in [0.25, 0.3) is 0 Å². The number of hydrogen-bond acceptors (Lipinski definition) is 2. The van der Waals surface area contributed by atoms with Crippen molar-refractivity contribution >= 4 is 16.9 Å². The van der Waals surface area contributed by atoms with Crippen molar-refractivity contribution in [2.45, 2.75) is 12.0 Å². The summed E-state index contributed by atoms with van der Waals surface area (Å²) in [6, 6.07) is 11.0. The van der Waals surface area contributed by atoms with Gasteiger partial charge in [0.15, 0.2) is 6.61 Å². The van der Waals surface area contributed by atoms with Gasteiger partial charge in [0.2, 0.25) is 0 Å². The molecular weight excluding hydrogens is 252 g/mol. The lowest BCUT2D eigenvalue weighted by Gasteiger charge is -2.32. The summed E-state index contributed by atoms with van der Waals surface area (Å²) >= 11 is 0. The molecule has 1 amide bonds. The maximum Gasteiger partial charge on any atom is 0.408 e. The van der Waals surface area contributed by atoms with E-state index >= 15 is 0 Å². The predicted molar refractivity (Wildman–Crippen MR) is 66.1 cm³/mol. The molecule has 1 aliphatic rings. The quantitative estimate of drug-likeness (QED) is 0.857. The third-order valence-corrected chi connectivity index (χ3v) is 3.21. The van der Waals surface area contributed by atoms with Crippen LogP contribution < -0.4 is 5.32 Å². The highest BCUT2D eigenvalue weighted by atomic mass is 19.3. The van der Waals surface area contributed by atoms with Gasteiger partial charge in [0, 0.05) is 0 Å². The predicted octanol–water partition coefficient (Wildman–Crippen LogP) is 3.26. The van der Waals surface area contributed by atoms with Crippen LogP contribution in [0, 0.1) is 0 Å². The van der Waals surface area contributed by atoms with Gasteiger partial charge in [-0.3, -0.25) is 0 Å². The van der Waals surface area contributed by atoms with Crippen LogP contribution in [0.25, 0.3) is 10.8 Å². The molecule has 0 saturated carbocycles. The maximum atomic E-state index is 13.9. The topological polar surface area (TPSA) is 38.3 Å². The number of amides is 1. The first-order valence-corrected chi connectivity index (χ1v) is 5.87. The van der Waals surface area contributed by atoms with E-state index in [2.05, 4.69) is 10.1 Å². The second-order valence-electron chi connectivity index (χ2n) is 4.48. The van der Waals surface area contributed by atoms with E-state index in [1.165, 1.54) is 0 Å². The zero-order chi connectivity index (χ0) is 13.5. The highest BCUT2D eigenvalue weighted by Crippen LogP contribution is 2.37. The van der Waals surface area contributed by atoms with Gasteiger partial charge >= 0.3 is 12.0 Å². The monoisotopic (exact) mass is 263 g/mol. The van der Waals surface area contributed by atoms with Crippen LogP contribution in [-0.2, 0) is 4.74 Å². The molecule has 1 heterocycles. The van der Waals surface area contributed by atoms with E-state index in [4.69, 9.17) is 0 Å². The van der Waals surface area contributed by atoms with Gasteiger partial charge in [-0.15, -0.1) is 0 Å². The Bertz CT molecular complexity index is 637. The third kappa shape index (κ3) is 2.01. The summed E-state index contributed by atoms with van der Waals surface area (Å²) in [5.41, 5.74) is 0.403. The molecule has 0 radical (unpaired) electrons. The lowest BCUT2D eigenvalue weighted by molar-refractivity contribution is -0.103. The Kier molecular flexibility index (Phi) is 2.62. The molecule has 98 valence electrons. The van der Waals surface area contributed by atoms with Crippen LogP contribution in [0.15, 0.2) is 42.5 Å². The average Bonchev–Trinajstić information content (AvgIpc) is 2.41. The van der Waals surface area contributed by atoms with Crippen molar-refractivity contribution in [3.63, 3.8) is 0 Å². The van der Waals surface area contributed by atoms with Gasteiger partial charge in [-0.1, -0.05) is 42.5 Å². The summed E-state index contributed by atoms with van der Waals surface area (Å²) in [5.74, 6) is -3.13. The van der Waals surface area contributed by atoms with Crippen LogP contribution in [0.1, 0.15) is 11.6 Å². The lowest BCUT2D eigenvalue weighted by atomic mass is 9.94. The van der Waals surface area contributed by atoms with E-state index in [-0.39, 0.29) is 0 Å². The van der Waals surface area contributed by atoms with Crippen molar-refractivity contribution in [3.8, 4) is 0 Å². The maximum absolute atomic E-state index is 13.9. The van der Waals surface area contributed by atoms with E-state index in [1.54, 1.807) is 24.3 Å². The second-order valence-corrected chi connectivity index (χ2v) is 4.48. The van der Waals surface area contributed by atoms with Crippen LogP contribution >= 0.6 is 0 Å². The van der Waals surface area contributed by atoms with Gasteiger partial charge in [-0.05, 0) is 16.3 Å². The fourth-order valence-electron chi connectivity index (χ4n) is 2.32. The summed E-state index contributed by atoms with van der Waals surface area (Å²) in [6.45, 7) is -0.896. The molecule has 0 spiro atoms. The highest BCUT2D eigenvalue weighted by Gasteiger charge is 2.47. The van der Waals surface area contributed by atoms with Crippen molar-refractivity contribution in [3.05, 3.63) is 48.0 Å². The van der Waals surface area contributed by atoms with Crippen molar-refractivity contribution < 1.29 is 18.3 Å². The van der Waals surface area contributed by atoms with E-state index in [1.807, 2.05) is 18.2 Å². The van der Waals surface area contributed by atoms with Crippen LogP contribution in [-0.4, -0.2) is 18.6 Å². The number of carbonyl (C=O) groups excluding carboxylic acids is 1. The first-order chi connectivity index (χ1) is 9.08. The number of cyclic esters (lactones) is 1. The van der Waals surface area contributed by atoms with E-state index in [0.717, 1.165) is 5.39 Å². The molecule has 2 aromatic rings. The number of rotatable bonds is 1. The van der Waals surface area contributed by atoms with Crippen molar-refractivity contribution in [2.24, 2.45) is 0 Å². The van der Waals surface area contributed by atoms with Crippen LogP contribution in [0.5, 0.6) is 0 Å². The number of nitrogens with one attached hydrogen (secondary N) is 1. The van der Waals surface area contributed by atoms with Crippen molar-refractivity contribution in [1.82, 2.24) is 5.32 Å². The Balaban J connectivity index is 2.15. The van der Waals surface area contributed by atoms with Gasteiger partial charge in [-0.2, -0.15) is 0 Å². The SMILES string of the molecule is O=C1N[C@@H](c2cccc3ccccc23)C(F)(F)CO1. The van der Waals surface area contributed by atoms with Gasteiger partial charge in [0.05, 0.1) is 0 Å². The molecule has 2 aromatic carbocycles. The van der Waals surface area contributed by atoms with E-state index in [0.29, 0.717) is 10.9 Å². The molecule has 3 rings (SSSR count). The minimum absolute atomic E-state index is 0.403. The molecule has 1 saturated heterocycles. The van der Waals surface area contributed by atoms with Gasteiger partial charge < -0.3 is 10.1 Å². The molecule has 1 N–H and O–H groups in total. The highest BCUT2D eigenvalue weighted by molar-refractivity contribution is 5.86. The number of alkyl halides is 2. The zero-order valence-corrected chi connectivity index (χ0v) is 9.90. The Hall–Kier alpha value is -2.17. The minimum atomic E-state index is -3.13. The van der Waals surface area contributed by atoms with Crippen LogP contribution in [0.2, 0.25) is 0 Å². The number of alkyl carbamates (subject to hydrolysis) is 1. The fraction of sp³-hybridized carbons (Fsp3) is 0.214. The molecule has 0 bridgehead atoms. The molecule has 1 atom stereocenters. The summed E-state index contributed by atoms with van der Waals surface area (Å²) in [7, 11) is 0. The van der Waals surface area contributed by atoms with Gasteiger partial charge in [0.1, 0.15) is 6.04 Å². The number of hydrogen-bond donors (Lipinski definition) is 1. The molecule has 0 unspecified atom stereocenters. The molecule has 1 fully saturated rings. The molecular formula is C14H11F2NO2. The normalized spacial score (nSPS) is 21.8. The average molecular weight is 263 g/mol. The summed E-state index contributed by atoms with van der Waals surface area (Å²) in [4.78, 5) is 11.2. The largest absolute Gasteiger partial charge is 0.443 e. The number of halogens is 2. The number of ether oxygens (including phenoxy) is 1. The first-order valence-electron chi connectivity index (χ1n) is 5.87. The molecule has 3 nitrogen and oxygen atoms in total. The fourth-order valence-corrected chi connectivity index (χ4v) is 2.32.